The zero-order chi connectivity index (χ0) is 22.7. The molecule has 0 spiro atoms. The Morgan fingerprint density at radius 1 is 1.19 bits per heavy atom. The van der Waals surface area contributed by atoms with Crippen LogP contribution in [0.25, 0.3) is 11.3 Å². The van der Waals surface area contributed by atoms with Gasteiger partial charge in [-0.15, -0.1) is 0 Å². The summed E-state index contributed by atoms with van der Waals surface area (Å²) >= 11 is 5.86. The molecule has 0 bridgehead atoms. The predicted octanol–water partition coefficient (Wildman–Crippen LogP) is 4.13. The smallest absolute Gasteiger partial charge is 0.251 e. The van der Waals surface area contributed by atoms with Gasteiger partial charge in [0.1, 0.15) is 5.82 Å². The maximum Gasteiger partial charge on any atom is 0.251 e. The van der Waals surface area contributed by atoms with E-state index < -0.39 is 11.9 Å². The van der Waals surface area contributed by atoms with Gasteiger partial charge in [0.25, 0.3) is 5.56 Å². The van der Waals surface area contributed by atoms with Gasteiger partial charge in [-0.05, 0) is 48.4 Å². The minimum Gasteiger partial charge on any atom is -0.394 e. The molecule has 1 aromatic carbocycles. The van der Waals surface area contributed by atoms with Gasteiger partial charge in [0.05, 0.1) is 23.4 Å². The summed E-state index contributed by atoms with van der Waals surface area (Å²) in [6.45, 7) is 1.57. The number of benzene rings is 1. The van der Waals surface area contributed by atoms with E-state index in [1.807, 2.05) is 13.0 Å². The van der Waals surface area contributed by atoms with Gasteiger partial charge in [0.2, 0.25) is 5.95 Å². The lowest BCUT2D eigenvalue weighted by molar-refractivity contribution is 0.247. The molecule has 0 unspecified atom stereocenters. The zero-order valence-corrected chi connectivity index (χ0v) is 17.8. The lowest BCUT2D eigenvalue weighted by atomic mass is 10.1. The minimum atomic E-state index is -0.702. The Hall–Kier alpha value is -3.62. The lowest BCUT2D eigenvalue weighted by Gasteiger charge is -2.19. The van der Waals surface area contributed by atoms with Gasteiger partial charge < -0.3 is 15.0 Å². The molecule has 4 rings (SSSR count). The van der Waals surface area contributed by atoms with Crippen LogP contribution in [0.3, 0.4) is 0 Å². The number of hydrogen-bond acceptors (Lipinski definition) is 6. The van der Waals surface area contributed by atoms with Crippen LogP contribution in [0.15, 0.2) is 72.0 Å². The second kappa shape index (κ2) is 9.25. The van der Waals surface area contributed by atoms with Crippen LogP contribution < -0.4 is 10.9 Å². The SMILES string of the molecule is Cc1cnccc1Nc1nccc(-c2ccn([C@H](CO)c3ccc(F)c(Cl)c3)c(=O)c2)n1. The average molecular weight is 452 g/mol. The summed E-state index contributed by atoms with van der Waals surface area (Å²) < 4.78 is 14.9. The predicted molar refractivity (Wildman–Crippen MR) is 121 cm³/mol. The number of halogens is 2. The number of aliphatic hydroxyl groups excluding tert-OH is 1. The van der Waals surface area contributed by atoms with Crippen LogP contribution in [0.2, 0.25) is 5.02 Å². The van der Waals surface area contributed by atoms with Crippen LogP contribution >= 0.6 is 11.6 Å². The fourth-order valence-corrected chi connectivity index (χ4v) is 3.48. The molecule has 0 fully saturated rings. The van der Waals surface area contributed by atoms with Gasteiger partial charge in [-0.1, -0.05) is 17.7 Å². The normalized spacial score (nSPS) is 11.9. The summed E-state index contributed by atoms with van der Waals surface area (Å²) in [5.74, 6) is -0.180. The van der Waals surface area contributed by atoms with Crippen molar-refractivity contribution in [3.8, 4) is 11.3 Å². The summed E-state index contributed by atoms with van der Waals surface area (Å²) in [5, 5.41) is 12.9. The van der Waals surface area contributed by atoms with Crippen molar-refractivity contribution in [1.82, 2.24) is 19.5 Å². The van der Waals surface area contributed by atoms with E-state index in [-0.39, 0.29) is 17.2 Å². The molecular weight excluding hydrogens is 433 g/mol. The first-order valence-corrected chi connectivity index (χ1v) is 10.1. The highest BCUT2D eigenvalue weighted by molar-refractivity contribution is 6.30. The quantitative estimate of drug-likeness (QED) is 0.458. The topological polar surface area (TPSA) is 92.9 Å². The number of aryl methyl sites for hydroxylation is 1. The third-order valence-electron chi connectivity index (χ3n) is 5.00. The molecule has 0 saturated carbocycles. The van der Waals surface area contributed by atoms with Gasteiger partial charge >= 0.3 is 0 Å². The summed E-state index contributed by atoms with van der Waals surface area (Å²) in [7, 11) is 0. The minimum absolute atomic E-state index is 0.0731. The van der Waals surface area contributed by atoms with Crippen molar-refractivity contribution in [2.24, 2.45) is 0 Å². The van der Waals surface area contributed by atoms with E-state index in [4.69, 9.17) is 11.6 Å². The van der Waals surface area contributed by atoms with E-state index in [0.717, 1.165) is 11.3 Å². The molecule has 7 nitrogen and oxygen atoms in total. The van der Waals surface area contributed by atoms with E-state index in [0.29, 0.717) is 22.8 Å². The molecule has 0 aliphatic rings. The third kappa shape index (κ3) is 4.51. The molecule has 0 saturated heterocycles. The van der Waals surface area contributed by atoms with E-state index >= 15 is 0 Å². The van der Waals surface area contributed by atoms with Crippen LogP contribution in [-0.4, -0.2) is 31.2 Å². The molecular formula is C23H19ClFN5O2. The highest BCUT2D eigenvalue weighted by Gasteiger charge is 2.16. The molecule has 9 heteroatoms. The number of nitrogens with one attached hydrogen (secondary N) is 1. The monoisotopic (exact) mass is 451 g/mol. The number of anilines is 2. The first-order valence-electron chi connectivity index (χ1n) is 9.75. The standard InChI is InChI=1S/C23H19ClFN5O2/c1-14-12-26-7-4-19(14)28-23-27-8-5-20(29-23)15-6-9-30(22(32)11-15)21(13-31)16-2-3-18(25)17(24)10-16/h2-12,21,31H,13H2,1H3,(H,26,27,28,29)/t21-/m1/s1. The van der Waals surface area contributed by atoms with Crippen molar-refractivity contribution in [1.29, 1.82) is 0 Å². The Morgan fingerprint density at radius 2 is 2.03 bits per heavy atom. The fourth-order valence-electron chi connectivity index (χ4n) is 3.29. The van der Waals surface area contributed by atoms with Crippen molar-refractivity contribution < 1.29 is 9.50 Å². The third-order valence-corrected chi connectivity index (χ3v) is 5.29. The highest BCUT2D eigenvalue weighted by atomic mass is 35.5. The van der Waals surface area contributed by atoms with Crippen LogP contribution in [-0.2, 0) is 0 Å². The molecule has 1 atom stereocenters. The summed E-state index contributed by atoms with van der Waals surface area (Å²) in [6, 6.07) is 10.1. The number of aromatic nitrogens is 4. The van der Waals surface area contributed by atoms with E-state index in [9.17, 15) is 14.3 Å². The number of nitrogens with zero attached hydrogens (tertiary/aromatic N) is 4. The second-order valence-electron chi connectivity index (χ2n) is 7.11. The van der Waals surface area contributed by atoms with Gasteiger partial charge in [-0.2, -0.15) is 0 Å². The molecule has 0 amide bonds. The number of hydrogen-bond donors (Lipinski definition) is 2. The van der Waals surface area contributed by atoms with Gasteiger partial charge in [-0.25, -0.2) is 14.4 Å². The molecule has 2 N–H and O–H groups in total. The summed E-state index contributed by atoms with van der Waals surface area (Å²) in [4.78, 5) is 25.6. The van der Waals surface area contributed by atoms with Crippen molar-refractivity contribution in [2.45, 2.75) is 13.0 Å². The van der Waals surface area contributed by atoms with Crippen LogP contribution in [0, 0.1) is 12.7 Å². The molecule has 0 aliphatic carbocycles. The van der Waals surface area contributed by atoms with Gasteiger partial charge in [-0.3, -0.25) is 9.78 Å². The second-order valence-corrected chi connectivity index (χ2v) is 7.52. The molecule has 0 radical (unpaired) electrons. The lowest BCUT2D eigenvalue weighted by Crippen LogP contribution is -2.26. The largest absolute Gasteiger partial charge is 0.394 e. The van der Waals surface area contributed by atoms with Crippen LogP contribution in [0.4, 0.5) is 16.0 Å². The molecule has 162 valence electrons. The Kier molecular flexibility index (Phi) is 6.25. The zero-order valence-electron chi connectivity index (χ0n) is 17.0. The Balaban J connectivity index is 1.64. The maximum atomic E-state index is 13.5. The van der Waals surface area contributed by atoms with Crippen molar-refractivity contribution in [3.63, 3.8) is 0 Å². The molecule has 3 heterocycles. The molecule has 3 aromatic heterocycles. The molecule has 32 heavy (non-hydrogen) atoms. The van der Waals surface area contributed by atoms with Crippen LogP contribution in [0.5, 0.6) is 0 Å². The molecule has 4 aromatic rings. The highest BCUT2D eigenvalue weighted by Crippen LogP contribution is 2.24. The van der Waals surface area contributed by atoms with E-state index in [1.165, 1.54) is 28.8 Å². The van der Waals surface area contributed by atoms with Crippen LogP contribution in [0.1, 0.15) is 17.2 Å². The Morgan fingerprint density at radius 3 is 2.75 bits per heavy atom. The number of rotatable bonds is 6. The maximum absolute atomic E-state index is 13.5. The fraction of sp³-hybridized carbons (Fsp3) is 0.130. The van der Waals surface area contributed by atoms with E-state index in [2.05, 4.69) is 20.3 Å². The summed E-state index contributed by atoms with van der Waals surface area (Å²) in [5.41, 5.74) is 3.10. The average Bonchev–Trinajstić information content (AvgIpc) is 2.79. The van der Waals surface area contributed by atoms with Crippen molar-refractivity contribution in [3.05, 3.63) is 99.6 Å². The number of pyridine rings is 2. The van der Waals surface area contributed by atoms with Gasteiger partial charge in [0.15, 0.2) is 0 Å². The van der Waals surface area contributed by atoms with E-state index in [1.54, 1.807) is 36.9 Å². The van der Waals surface area contributed by atoms with Crippen molar-refractivity contribution >= 4 is 23.2 Å². The summed E-state index contributed by atoms with van der Waals surface area (Å²) in [6.07, 6.45) is 6.57. The molecule has 0 aliphatic heterocycles. The van der Waals surface area contributed by atoms with Gasteiger partial charge in [0, 0.05) is 42.1 Å². The van der Waals surface area contributed by atoms with Crippen molar-refractivity contribution in [2.75, 3.05) is 11.9 Å². The number of aliphatic hydroxyl groups is 1. The first kappa shape index (κ1) is 21.6. The Bertz CT molecular complexity index is 1330. The Labute approximate surface area is 188 Å². The first-order chi connectivity index (χ1) is 15.5.